The molecule has 108 valence electrons. The Balaban J connectivity index is 1.74. The predicted molar refractivity (Wildman–Crippen MR) is 76.4 cm³/mol. The van der Waals surface area contributed by atoms with Gasteiger partial charge in [-0.15, -0.1) is 0 Å². The molecule has 1 aliphatic rings. The minimum Gasteiger partial charge on any atom is -0.472 e. The van der Waals surface area contributed by atoms with Gasteiger partial charge >= 0.3 is 0 Å². The Bertz CT molecular complexity index is 515. The first-order chi connectivity index (χ1) is 9.88. The SMILES string of the molecule is CCC(Cn1ccnc1-c1ccoc1)N1CCOCC1. The van der Waals surface area contributed by atoms with Crippen LogP contribution in [0.2, 0.25) is 0 Å². The van der Waals surface area contributed by atoms with E-state index in [-0.39, 0.29) is 0 Å². The van der Waals surface area contributed by atoms with E-state index in [2.05, 4.69) is 21.4 Å². The minimum atomic E-state index is 0.527. The van der Waals surface area contributed by atoms with E-state index < -0.39 is 0 Å². The normalized spacial score (nSPS) is 18.2. The first kappa shape index (κ1) is 13.4. The topological polar surface area (TPSA) is 43.4 Å². The zero-order valence-electron chi connectivity index (χ0n) is 11.9. The van der Waals surface area contributed by atoms with E-state index in [9.17, 15) is 0 Å². The Kier molecular flexibility index (Phi) is 4.18. The number of rotatable bonds is 5. The second-order valence-corrected chi connectivity index (χ2v) is 5.13. The van der Waals surface area contributed by atoms with E-state index in [0.29, 0.717) is 6.04 Å². The van der Waals surface area contributed by atoms with Crippen molar-refractivity contribution in [2.75, 3.05) is 26.3 Å². The largest absolute Gasteiger partial charge is 0.472 e. The number of hydrogen-bond donors (Lipinski definition) is 0. The summed E-state index contributed by atoms with van der Waals surface area (Å²) in [6.45, 7) is 6.93. The van der Waals surface area contributed by atoms with Gasteiger partial charge < -0.3 is 13.7 Å². The minimum absolute atomic E-state index is 0.527. The fourth-order valence-corrected chi connectivity index (χ4v) is 2.78. The maximum absolute atomic E-state index is 5.44. The van der Waals surface area contributed by atoms with Crippen LogP contribution in [0.3, 0.4) is 0 Å². The Hall–Kier alpha value is -1.59. The molecule has 20 heavy (non-hydrogen) atoms. The molecule has 0 aromatic carbocycles. The number of morpholine rings is 1. The van der Waals surface area contributed by atoms with Crippen LogP contribution in [-0.4, -0.2) is 46.8 Å². The smallest absolute Gasteiger partial charge is 0.143 e. The summed E-state index contributed by atoms with van der Waals surface area (Å²) in [6, 6.07) is 2.48. The fraction of sp³-hybridized carbons (Fsp3) is 0.533. The zero-order valence-corrected chi connectivity index (χ0v) is 11.9. The number of ether oxygens (including phenoxy) is 1. The van der Waals surface area contributed by atoms with Crippen LogP contribution >= 0.6 is 0 Å². The van der Waals surface area contributed by atoms with Crippen molar-refractivity contribution >= 4 is 0 Å². The van der Waals surface area contributed by atoms with Crippen LogP contribution in [0.5, 0.6) is 0 Å². The Labute approximate surface area is 119 Å². The van der Waals surface area contributed by atoms with Gasteiger partial charge in [-0.05, 0) is 12.5 Å². The molecule has 3 rings (SSSR count). The van der Waals surface area contributed by atoms with Crippen molar-refractivity contribution in [2.45, 2.75) is 25.9 Å². The molecule has 0 amide bonds. The third kappa shape index (κ3) is 2.78. The summed E-state index contributed by atoms with van der Waals surface area (Å²) in [5, 5.41) is 0. The average Bonchev–Trinajstić information content (AvgIpc) is 3.16. The van der Waals surface area contributed by atoms with Crippen molar-refractivity contribution < 1.29 is 9.15 Å². The molecule has 1 saturated heterocycles. The van der Waals surface area contributed by atoms with E-state index in [1.807, 2.05) is 18.5 Å². The molecule has 0 aliphatic carbocycles. The molecule has 1 unspecified atom stereocenters. The van der Waals surface area contributed by atoms with Crippen LogP contribution in [0.15, 0.2) is 35.4 Å². The van der Waals surface area contributed by atoms with Crippen LogP contribution in [-0.2, 0) is 11.3 Å². The van der Waals surface area contributed by atoms with Crippen molar-refractivity contribution in [3.05, 3.63) is 31.0 Å². The summed E-state index contributed by atoms with van der Waals surface area (Å²) in [6.07, 6.45) is 8.46. The number of aromatic nitrogens is 2. The summed E-state index contributed by atoms with van der Waals surface area (Å²) in [4.78, 5) is 6.97. The first-order valence-electron chi connectivity index (χ1n) is 7.24. The number of furan rings is 1. The standard InChI is InChI=1S/C15H21N3O2/c1-2-14(17-6-9-19-10-7-17)11-18-5-4-16-15(18)13-3-8-20-12-13/h3-5,8,12,14H,2,6-7,9-11H2,1H3. The van der Waals surface area contributed by atoms with E-state index in [1.165, 1.54) is 0 Å². The lowest BCUT2D eigenvalue weighted by atomic mass is 10.1. The number of hydrogen-bond acceptors (Lipinski definition) is 4. The summed E-state index contributed by atoms with van der Waals surface area (Å²) in [7, 11) is 0. The van der Waals surface area contributed by atoms with Crippen molar-refractivity contribution in [2.24, 2.45) is 0 Å². The van der Waals surface area contributed by atoms with Gasteiger partial charge in [0.15, 0.2) is 0 Å². The molecule has 2 aromatic rings. The lowest BCUT2D eigenvalue weighted by Gasteiger charge is -2.34. The fourth-order valence-electron chi connectivity index (χ4n) is 2.78. The van der Waals surface area contributed by atoms with Gasteiger partial charge in [-0.3, -0.25) is 4.90 Å². The summed E-state index contributed by atoms with van der Waals surface area (Å²) >= 11 is 0. The van der Waals surface area contributed by atoms with E-state index in [1.54, 1.807) is 12.5 Å². The van der Waals surface area contributed by atoms with Crippen LogP contribution in [0, 0.1) is 0 Å². The number of imidazole rings is 1. The highest BCUT2D eigenvalue weighted by atomic mass is 16.5. The second kappa shape index (κ2) is 6.24. The third-order valence-electron chi connectivity index (χ3n) is 3.94. The molecule has 5 nitrogen and oxygen atoms in total. The highest BCUT2D eigenvalue weighted by Gasteiger charge is 2.21. The molecule has 1 aliphatic heterocycles. The number of nitrogens with zero attached hydrogens (tertiary/aromatic N) is 3. The maximum Gasteiger partial charge on any atom is 0.143 e. The van der Waals surface area contributed by atoms with Gasteiger partial charge in [0.25, 0.3) is 0 Å². The Morgan fingerprint density at radius 1 is 1.35 bits per heavy atom. The molecule has 0 N–H and O–H groups in total. The van der Waals surface area contributed by atoms with Crippen LogP contribution in [0.25, 0.3) is 11.4 Å². The molecular formula is C15H21N3O2. The molecule has 0 saturated carbocycles. The Morgan fingerprint density at radius 2 is 2.20 bits per heavy atom. The lowest BCUT2D eigenvalue weighted by Crippen LogP contribution is -2.45. The zero-order chi connectivity index (χ0) is 13.8. The predicted octanol–water partition coefficient (Wildman–Crippen LogP) is 2.25. The average molecular weight is 275 g/mol. The summed E-state index contributed by atoms with van der Waals surface area (Å²) in [5.74, 6) is 0.977. The summed E-state index contributed by atoms with van der Waals surface area (Å²) in [5.41, 5.74) is 1.03. The lowest BCUT2D eigenvalue weighted by molar-refractivity contribution is 0.0122. The van der Waals surface area contributed by atoms with Gasteiger partial charge in [0, 0.05) is 38.1 Å². The van der Waals surface area contributed by atoms with E-state index in [0.717, 1.165) is 50.7 Å². The molecule has 0 spiro atoms. The highest BCUT2D eigenvalue weighted by Crippen LogP contribution is 2.19. The molecule has 3 heterocycles. The van der Waals surface area contributed by atoms with Crippen molar-refractivity contribution in [1.29, 1.82) is 0 Å². The molecule has 5 heteroatoms. The van der Waals surface area contributed by atoms with Gasteiger partial charge in [-0.25, -0.2) is 4.98 Å². The molecular weight excluding hydrogens is 254 g/mol. The van der Waals surface area contributed by atoms with Crippen LogP contribution in [0.4, 0.5) is 0 Å². The van der Waals surface area contributed by atoms with Crippen molar-refractivity contribution in [1.82, 2.24) is 14.5 Å². The first-order valence-corrected chi connectivity index (χ1v) is 7.24. The molecule has 0 bridgehead atoms. The Morgan fingerprint density at radius 3 is 2.90 bits per heavy atom. The van der Waals surface area contributed by atoms with Gasteiger partial charge in [-0.2, -0.15) is 0 Å². The molecule has 1 atom stereocenters. The maximum atomic E-state index is 5.44. The van der Waals surface area contributed by atoms with Gasteiger partial charge in [-0.1, -0.05) is 6.92 Å². The van der Waals surface area contributed by atoms with Crippen LogP contribution in [0.1, 0.15) is 13.3 Å². The van der Waals surface area contributed by atoms with Gasteiger partial charge in [0.2, 0.25) is 0 Å². The van der Waals surface area contributed by atoms with Crippen molar-refractivity contribution in [3.63, 3.8) is 0 Å². The van der Waals surface area contributed by atoms with Crippen LogP contribution < -0.4 is 0 Å². The van der Waals surface area contributed by atoms with E-state index >= 15 is 0 Å². The van der Waals surface area contributed by atoms with Gasteiger partial charge in [0.05, 0.1) is 25.0 Å². The van der Waals surface area contributed by atoms with Gasteiger partial charge in [0.1, 0.15) is 12.1 Å². The second-order valence-electron chi connectivity index (χ2n) is 5.13. The summed E-state index contributed by atoms with van der Waals surface area (Å²) < 4.78 is 12.8. The van der Waals surface area contributed by atoms with E-state index in [4.69, 9.17) is 9.15 Å². The highest BCUT2D eigenvalue weighted by molar-refractivity contribution is 5.53. The molecule has 0 radical (unpaired) electrons. The monoisotopic (exact) mass is 275 g/mol. The third-order valence-corrected chi connectivity index (χ3v) is 3.94. The molecule has 2 aromatic heterocycles. The molecule has 1 fully saturated rings. The van der Waals surface area contributed by atoms with Crippen molar-refractivity contribution in [3.8, 4) is 11.4 Å². The quantitative estimate of drug-likeness (QED) is 0.839.